The third kappa shape index (κ3) is 4.51. The van der Waals surface area contributed by atoms with Crippen LogP contribution < -0.4 is 19.5 Å². The van der Waals surface area contributed by atoms with Crippen LogP contribution in [0.15, 0.2) is 30.3 Å². The summed E-state index contributed by atoms with van der Waals surface area (Å²) in [5.41, 5.74) is 3.45. The summed E-state index contributed by atoms with van der Waals surface area (Å²) in [6.45, 7) is 2.48. The first-order valence-electron chi connectivity index (χ1n) is 9.62. The molecule has 0 aliphatic carbocycles. The van der Waals surface area contributed by atoms with Crippen molar-refractivity contribution < 1.29 is 19.3 Å². The van der Waals surface area contributed by atoms with E-state index in [1.807, 2.05) is 12.1 Å². The Hall–Kier alpha value is -2.44. The Bertz CT molecular complexity index is 807. The lowest BCUT2D eigenvalue weighted by atomic mass is 9.89. The molecule has 28 heavy (non-hydrogen) atoms. The summed E-state index contributed by atoms with van der Waals surface area (Å²) in [4.78, 5) is 2.14. The van der Waals surface area contributed by atoms with Gasteiger partial charge in [-0.3, -0.25) is 0 Å². The molecular weight excluding hydrogens is 356 g/mol. The quantitative estimate of drug-likeness (QED) is 0.680. The third-order valence-corrected chi connectivity index (χ3v) is 5.02. The van der Waals surface area contributed by atoms with Gasteiger partial charge in [-0.25, -0.2) is 0 Å². The molecule has 2 N–H and O–H groups in total. The molecule has 1 unspecified atom stereocenters. The Morgan fingerprint density at radius 3 is 2.57 bits per heavy atom. The highest BCUT2D eigenvalue weighted by Gasteiger charge is 2.25. The minimum Gasteiger partial charge on any atom is -0.504 e. The normalized spacial score (nSPS) is 16.0. The minimum atomic E-state index is 0.00767. The molecule has 1 aliphatic rings. The van der Waals surface area contributed by atoms with Crippen LogP contribution in [0.25, 0.3) is 0 Å². The summed E-state index contributed by atoms with van der Waals surface area (Å²) in [5.74, 6) is 2.15. The van der Waals surface area contributed by atoms with Crippen molar-refractivity contribution >= 4 is 0 Å². The van der Waals surface area contributed by atoms with Gasteiger partial charge in [0.15, 0.2) is 23.0 Å². The Morgan fingerprint density at radius 1 is 1.07 bits per heavy atom. The number of aromatic hydroxyl groups is 1. The molecule has 2 aromatic carbocycles. The smallest absolute Gasteiger partial charge is 0.161 e. The highest BCUT2D eigenvalue weighted by Crippen LogP contribution is 2.39. The van der Waals surface area contributed by atoms with Gasteiger partial charge in [-0.05, 0) is 67.9 Å². The first kappa shape index (κ1) is 20.3. The van der Waals surface area contributed by atoms with Crippen molar-refractivity contribution in [2.24, 2.45) is 0 Å². The predicted molar refractivity (Wildman–Crippen MR) is 110 cm³/mol. The SMILES string of the molecule is COc1cc(C2NCCc3cc(OC)c(OCCCN(C)C)cc32)ccc1O. The highest BCUT2D eigenvalue weighted by molar-refractivity contribution is 5.53. The second-order valence-corrected chi connectivity index (χ2v) is 7.28. The number of methoxy groups -OCH3 is 2. The average molecular weight is 386 g/mol. The molecule has 3 rings (SSSR count). The van der Waals surface area contributed by atoms with Gasteiger partial charge in [-0.2, -0.15) is 0 Å². The first-order chi connectivity index (χ1) is 13.5. The molecule has 0 saturated carbocycles. The summed E-state index contributed by atoms with van der Waals surface area (Å²) in [6, 6.07) is 9.65. The molecular formula is C22H30N2O4. The molecule has 1 atom stereocenters. The molecule has 2 aromatic rings. The van der Waals surface area contributed by atoms with Crippen LogP contribution in [0.5, 0.6) is 23.0 Å². The lowest BCUT2D eigenvalue weighted by Gasteiger charge is -2.29. The average Bonchev–Trinajstić information content (AvgIpc) is 2.70. The number of nitrogens with zero attached hydrogens (tertiary/aromatic N) is 1. The van der Waals surface area contributed by atoms with E-state index in [0.29, 0.717) is 12.4 Å². The number of hydrogen-bond donors (Lipinski definition) is 2. The van der Waals surface area contributed by atoms with Crippen molar-refractivity contribution in [3.05, 3.63) is 47.0 Å². The predicted octanol–water partition coefficient (Wildman–Crippen LogP) is 2.98. The van der Waals surface area contributed by atoms with Crippen LogP contribution in [-0.4, -0.2) is 58.0 Å². The molecule has 152 valence electrons. The summed E-state index contributed by atoms with van der Waals surface area (Å²) in [6.07, 6.45) is 1.88. The lowest BCUT2D eigenvalue weighted by Crippen LogP contribution is -2.30. The largest absolute Gasteiger partial charge is 0.504 e. The van der Waals surface area contributed by atoms with E-state index >= 15 is 0 Å². The number of hydrogen-bond acceptors (Lipinski definition) is 6. The van der Waals surface area contributed by atoms with E-state index in [1.54, 1.807) is 20.3 Å². The van der Waals surface area contributed by atoms with Gasteiger partial charge in [0.25, 0.3) is 0 Å². The molecule has 0 radical (unpaired) electrons. The molecule has 0 saturated heterocycles. The Morgan fingerprint density at radius 2 is 1.86 bits per heavy atom. The van der Waals surface area contributed by atoms with Gasteiger partial charge in [-0.15, -0.1) is 0 Å². The fourth-order valence-electron chi connectivity index (χ4n) is 3.57. The summed E-state index contributed by atoms with van der Waals surface area (Å²) < 4.78 is 16.9. The molecule has 0 aromatic heterocycles. The van der Waals surface area contributed by atoms with E-state index in [-0.39, 0.29) is 11.8 Å². The van der Waals surface area contributed by atoms with Crippen molar-refractivity contribution in [3.63, 3.8) is 0 Å². The van der Waals surface area contributed by atoms with Crippen LogP contribution in [0.1, 0.15) is 29.2 Å². The second kappa shape index (κ2) is 9.17. The van der Waals surface area contributed by atoms with Gasteiger partial charge in [-0.1, -0.05) is 6.07 Å². The van der Waals surface area contributed by atoms with Gasteiger partial charge in [0.1, 0.15) is 0 Å². The molecule has 1 heterocycles. The van der Waals surface area contributed by atoms with Crippen molar-refractivity contribution in [1.82, 2.24) is 10.2 Å². The topological polar surface area (TPSA) is 63.2 Å². The second-order valence-electron chi connectivity index (χ2n) is 7.28. The van der Waals surface area contributed by atoms with E-state index in [9.17, 15) is 5.11 Å². The van der Waals surface area contributed by atoms with E-state index in [0.717, 1.165) is 43.0 Å². The number of benzene rings is 2. The summed E-state index contributed by atoms with van der Waals surface area (Å²) >= 11 is 0. The summed E-state index contributed by atoms with van der Waals surface area (Å²) in [7, 11) is 7.35. The van der Waals surface area contributed by atoms with Crippen molar-refractivity contribution in [2.45, 2.75) is 18.9 Å². The van der Waals surface area contributed by atoms with Gasteiger partial charge in [0.05, 0.1) is 26.9 Å². The first-order valence-corrected chi connectivity index (χ1v) is 9.62. The molecule has 6 nitrogen and oxygen atoms in total. The molecule has 0 spiro atoms. The number of ether oxygens (including phenoxy) is 3. The fraction of sp³-hybridized carbons (Fsp3) is 0.455. The monoisotopic (exact) mass is 386 g/mol. The van der Waals surface area contributed by atoms with E-state index in [1.165, 1.54) is 11.1 Å². The zero-order chi connectivity index (χ0) is 20.1. The minimum absolute atomic E-state index is 0.00767. The van der Waals surface area contributed by atoms with E-state index in [2.05, 4.69) is 36.4 Å². The molecule has 0 bridgehead atoms. The van der Waals surface area contributed by atoms with Crippen LogP contribution in [0.2, 0.25) is 0 Å². The molecule has 6 heteroatoms. The maximum atomic E-state index is 9.92. The van der Waals surface area contributed by atoms with Gasteiger partial charge in [0, 0.05) is 13.1 Å². The van der Waals surface area contributed by atoms with E-state index < -0.39 is 0 Å². The third-order valence-electron chi connectivity index (χ3n) is 5.02. The maximum Gasteiger partial charge on any atom is 0.161 e. The summed E-state index contributed by atoms with van der Waals surface area (Å²) in [5, 5.41) is 13.5. The van der Waals surface area contributed by atoms with Crippen molar-refractivity contribution in [1.29, 1.82) is 0 Å². The fourth-order valence-corrected chi connectivity index (χ4v) is 3.57. The zero-order valence-corrected chi connectivity index (χ0v) is 17.1. The number of fused-ring (bicyclic) bond motifs is 1. The molecule has 1 aliphatic heterocycles. The number of nitrogens with one attached hydrogen (secondary N) is 1. The van der Waals surface area contributed by atoms with Crippen LogP contribution in [-0.2, 0) is 6.42 Å². The van der Waals surface area contributed by atoms with Crippen LogP contribution in [0.3, 0.4) is 0 Å². The molecule has 0 amide bonds. The number of phenolic OH excluding ortho intramolecular Hbond substituents is 1. The van der Waals surface area contributed by atoms with Crippen LogP contribution >= 0.6 is 0 Å². The number of rotatable bonds is 8. The lowest BCUT2D eigenvalue weighted by molar-refractivity contribution is 0.267. The standard InChI is InChI=1S/C22H30N2O4/c1-24(2)10-5-11-28-21-14-17-15(12-20(21)27-4)8-9-23-22(17)16-6-7-18(25)19(13-16)26-3/h6-7,12-14,22-23,25H,5,8-11H2,1-4H3. The molecule has 0 fully saturated rings. The van der Waals surface area contributed by atoms with Gasteiger partial charge in [0.2, 0.25) is 0 Å². The number of phenols is 1. The maximum absolute atomic E-state index is 9.92. The van der Waals surface area contributed by atoms with Gasteiger partial charge >= 0.3 is 0 Å². The zero-order valence-electron chi connectivity index (χ0n) is 17.1. The Kier molecular flexibility index (Phi) is 6.65. The van der Waals surface area contributed by atoms with Crippen molar-refractivity contribution in [2.75, 3.05) is 48.0 Å². The van der Waals surface area contributed by atoms with E-state index in [4.69, 9.17) is 14.2 Å². The Balaban J connectivity index is 1.89. The Labute approximate surface area is 167 Å². The van der Waals surface area contributed by atoms with Crippen molar-refractivity contribution in [3.8, 4) is 23.0 Å². The highest BCUT2D eigenvalue weighted by atomic mass is 16.5. The van der Waals surface area contributed by atoms with Crippen LogP contribution in [0, 0.1) is 0 Å². The van der Waals surface area contributed by atoms with Crippen LogP contribution in [0.4, 0.5) is 0 Å². The van der Waals surface area contributed by atoms with Gasteiger partial charge < -0.3 is 29.5 Å².